The van der Waals surface area contributed by atoms with Crippen LogP contribution in [0.4, 0.5) is 8.78 Å². The number of rotatable bonds is 2. The largest absolute Gasteiger partial charge is 0.341 e. The van der Waals surface area contributed by atoms with Crippen molar-refractivity contribution in [3.8, 4) is 0 Å². The van der Waals surface area contributed by atoms with Crippen molar-refractivity contribution in [1.29, 1.82) is 0 Å². The summed E-state index contributed by atoms with van der Waals surface area (Å²) < 4.78 is 24.0. The number of alkyl halides is 2. The van der Waals surface area contributed by atoms with Gasteiger partial charge in [-0.05, 0) is 12.8 Å². The summed E-state index contributed by atoms with van der Waals surface area (Å²) >= 11 is 0. The minimum Gasteiger partial charge on any atom is -0.341 e. The Kier molecular flexibility index (Phi) is 1.41. The molecule has 1 heterocycles. The fourth-order valence-electron chi connectivity index (χ4n) is 1.03. The third kappa shape index (κ3) is 1.25. The van der Waals surface area contributed by atoms with Gasteiger partial charge in [0.25, 0.3) is 6.43 Å². The van der Waals surface area contributed by atoms with Gasteiger partial charge < -0.3 is 4.98 Å². The van der Waals surface area contributed by atoms with Crippen LogP contribution in [0, 0.1) is 0 Å². The van der Waals surface area contributed by atoms with Crippen molar-refractivity contribution in [3.05, 3.63) is 17.7 Å². The molecule has 1 aromatic rings. The molecule has 0 atom stereocenters. The molecule has 0 spiro atoms. The SMILES string of the molecule is FC(F)c1cnc(C2CC2)[nH]1. The second-order valence-corrected chi connectivity index (χ2v) is 2.80. The van der Waals surface area contributed by atoms with E-state index in [1.165, 1.54) is 6.20 Å². The Morgan fingerprint density at radius 1 is 1.55 bits per heavy atom. The van der Waals surface area contributed by atoms with E-state index in [0.29, 0.717) is 5.92 Å². The van der Waals surface area contributed by atoms with Crippen LogP contribution in [0.3, 0.4) is 0 Å². The first-order valence-electron chi connectivity index (χ1n) is 3.60. The summed E-state index contributed by atoms with van der Waals surface area (Å²) in [6, 6.07) is 0. The van der Waals surface area contributed by atoms with E-state index in [4.69, 9.17) is 0 Å². The van der Waals surface area contributed by atoms with E-state index in [2.05, 4.69) is 9.97 Å². The highest BCUT2D eigenvalue weighted by Gasteiger charge is 2.27. The Balaban J connectivity index is 2.18. The fourth-order valence-corrected chi connectivity index (χ4v) is 1.03. The van der Waals surface area contributed by atoms with E-state index in [9.17, 15) is 8.78 Å². The lowest BCUT2D eigenvalue weighted by Crippen LogP contribution is -1.85. The molecule has 1 aliphatic rings. The number of nitrogens with zero attached hydrogens (tertiary/aromatic N) is 1. The van der Waals surface area contributed by atoms with E-state index in [-0.39, 0.29) is 5.69 Å². The van der Waals surface area contributed by atoms with Crippen molar-refractivity contribution in [2.45, 2.75) is 25.2 Å². The van der Waals surface area contributed by atoms with Crippen LogP contribution in [0.15, 0.2) is 6.20 Å². The lowest BCUT2D eigenvalue weighted by molar-refractivity contribution is 0.146. The van der Waals surface area contributed by atoms with Crippen LogP contribution in [-0.2, 0) is 0 Å². The van der Waals surface area contributed by atoms with Crippen molar-refractivity contribution in [2.75, 3.05) is 0 Å². The van der Waals surface area contributed by atoms with E-state index in [1.807, 2.05) is 0 Å². The molecule has 1 saturated carbocycles. The predicted octanol–water partition coefficient (Wildman–Crippen LogP) is 2.22. The van der Waals surface area contributed by atoms with Gasteiger partial charge in [-0.25, -0.2) is 13.8 Å². The van der Waals surface area contributed by atoms with Gasteiger partial charge in [-0.15, -0.1) is 0 Å². The molecule has 1 aromatic heterocycles. The van der Waals surface area contributed by atoms with Crippen molar-refractivity contribution in [1.82, 2.24) is 9.97 Å². The standard InChI is InChI=1S/C7H8F2N2/c8-6(9)5-3-10-7(11-5)4-1-2-4/h3-4,6H,1-2H2,(H,10,11). The van der Waals surface area contributed by atoms with E-state index < -0.39 is 6.43 Å². The first-order chi connectivity index (χ1) is 5.27. The second-order valence-electron chi connectivity index (χ2n) is 2.80. The molecule has 11 heavy (non-hydrogen) atoms. The highest BCUT2D eigenvalue weighted by atomic mass is 19.3. The Morgan fingerprint density at radius 2 is 2.27 bits per heavy atom. The molecular weight excluding hydrogens is 150 g/mol. The van der Waals surface area contributed by atoms with Crippen molar-refractivity contribution < 1.29 is 8.78 Å². The van der Waals surface area contributed by atoms with Crippen molar-refractivity contribution in [2.24, 2.45) is 0 Å². The molecule has 60 valence electrons. The number of aromatic amines is 1. The molecular formula is C7H8F2N2. The summed E-state index contributed by atoms with van der Waals surface area (Å²) in [4.78, 5) is 6.48. The number of aromatic nitrogens is 2. The average Bonchev–Trinajstić information content (AvgIpc) is 2.68. The molecule has 1 fully saturated rings. The van der Waals surface area contributed by atoms with Crippen LogP contribution in [0.1, 0.15) is 36.7 Å². The molecule has 0 radical (unpaired) electrons. The zero-order valence-electron chi connectivity index (χ0n) is 5.85. The lowest BCUT2D eigenvalue weighted by Gasteiger charge is -1.91. The van der Waals surface area contributed by atoms with Gasteiger partial charge in [0.1, 0.15) is 11.5 Å². The number of halogens is 2. The molecule has 0 bridgehead atoms. The smallest absolute Gasteiger partial charge is 0.279 e. The van der Waals surface area contributed by atoms with Gasteiger partial charge in [-0.1, -0.05) is 0 Å². The maximum absolute atomic E-state index is 12.0. The Morgan fingerprint density at radius 3 is 2.73 bits per heavy atom. The third-order valence-electron chi connectivity index (χ3n) is 1.81. The normalized spacial score (nSPS) is 17.7. The van der Waals surface area contributed by atoms with E-state index >= 15 is 0 Å². The van der Waals surface area contributed by atoms with Gasteiger partial charge in [0.15, 0.2) is 0 Å². The van der Waals surface area contributed by atoms with E-state index in [1.54, 1.807) is 0 Å². The first-order valence-corrected chi connectivity index (χ1v) is 3.60. The number of imidazole rings is 1. The van der Waals surface area contributed by atoms with Crippen LogP contribution < -0.4 is 0 Å². The zero-order chi connectivity index (χ0) is 7.84. The molecule has 1 N–H and O–H groups in total. The summed E-state index contributed by atoms with van der Waals surface area (Å²) in [5.74, 6) is 1.14. The van der Waals surface area contributed by atoms with Gasteiger partial charge in [-0.3, -0.25) is 0 Å². The summed E-state index contributed by atoms with van der Waals surface area (Å²) in [5, 5.41) is 0. The van der Waals surface area contributed by atoms with Gasteiger partial charge in [0.2, 0.25) is 0 Å². The summed E-state index contributed by atoms with van der Waals surface area (Å²) in [6.07, 6.45) is 0.958. The quantitative estimate of drug-likeness (QED) is 0.702. The second kappa shape index (κ2) is 2.29. The Labute approximate surface area is 62.6 Å². The highest BCUT2D eigenvalue weighted by Crippen LogP contribution is 2.38. The summed E-state index contributed by atoms with van der Waals surface area (Å²) in [6.45, 7) is 0. The van der Waals surface area contributed by atoms with Crippen LogP contribution >= 0.6 is 0 Å². The van der Waals surface area contributed by atoms with Gasteiger partial charge in [0, 0.05) is 5.92 Å². The number of hydrogen-bond acceptors (Lipinski definition) is 1. The molecule has 0 amide bonds. The zero-order valence-corrected chi connectivity index (χ0v) is 5.85. The maximum atomic E-state index is 12.0. The third-order valence-corrected chi connectivity index (χ3v) is 1.81. The van der Waals surface area contributed by atoms with Crippen LogP contribution in [0.25, 0.3) is 0 Å². The fraction of sp³-hybridized carbons (Fsp3) is 0.571. The molecule has 0 aromatic carbocycles. The number of H-pyrrole nitrogens is 1. The summed E-state index contributed by atoms with van der Waals surface area (Å²) in [7, 11) is 0. The molecule has 1 aliphatic carbocycles. The molecule has 0 saturated heterocycles. The van der Waals surface area contributed by atoms with Crippen molar-refractivity contribution in [3.63, 3.8) is 0 Å². The summed E-state index contributed by atoms with van der Waals surface area (Å²) in [5.41, 5.74) is -0.0631. The number of hydrogen-bond donors (Lipinski definition) is 1. The molecule has 2 rings (SSSR count). The van der Waals surface area contributed by atoms with E-state index in [0.717, 1.165) is 18.7 Å². The Bertz CT molecular complexity index is 236. The Hall–Kier alpha value is -0.930. The van der Waals surface area contributed by atoms with Gasteiger partial charge in [-0.2, -0.15) is 0 Å². The average molecular weight is 158 g/mol. The molecule has 2 nitrogen and oxygen atoms in total. The van der Waals surface area contributed by atoms with Crippen LogP contribution in [0.5, 0.6) is 0 Å². The highest BCUT2D eigenvalue weighted by molar-refractivity contribution is 5.10. The molecule has 4 heteroatoms. The maximum Gasteiger partial charge on any atom is 0.279 e. The number of nitrogens with one attached hydrogen (secondary N) is 1. The molecule has 0 unspecified atom stereocenters. The lowest BCUT2D eigenvalue weighted by atomic mass is 10.4. The predicted molar refractivity (Wildman–Crippen MR) is 35.5 cm³/mol. The van der Waals surface area contributed by atoms with Gasteiger partial charge >= 0.3 is 0 Å². The minimum absolute atomic E-state index is 0.0631. The minimum atomic E-state index is -2.42. The first kappa shape index (κ1) is 6.76. The monoisotopic (exact) mass is 158 g/mol. The van der Waals surface area contributed by atoms with Crippen LogP contribution in [0.2, 0.25) is 0 Å². The molecule has 0 aliphatic heterocycles. The van der Waals surface area contributed by atoms with Gasteiger partial charge in [0.05, 0.1) is 6.20 Å². The van der Waals surface area contributed by atoms with Crippen LogP contribution in [-0.4, -0.2) is 9.97 Å². The van der Waals surface area contributed by atoms with Crippen molar-refractivity contribution >= 4 is 0 Å². The topological polar surface area (TPSA) is 28.7 Å².